The van der Waals surface area contributed by atoms with Gasteiger partial charge in [-0.15, -0.1) is 0 Å². The third kappa shape index (κ3) is 4.03. The van der Waals surface area contributed by atoms with Crippen molar-refractivity contribution in [2.45, 2.75) is 79.6 Å². The summed E-state index contributed by atoms with van der Waals surface area (Å²) in [5, 5.41) is 0. The molecule has 2 fully saturated rings. The highest BCUT2D eigenvalue weighted by molar-refractivity contribution is 4.96. The summed E-state index contributed by atoms with van der Waals surface area (Å²) in [5.74, 6) is 0.956. The predicted molar refractivity (Wildman–Crippen MR) is 93.3 cm³/mol. The van der Waals surface area contributed by atoms with Gasteiger partial charge in [-0.2, -0.15) is 0 Å². The molecule has 0 N–H and O–H groups in total. The molecule has 1 aliphatic carbocycles. The molecule has 0 amide bonds. The zero-order chi connectivity index (χ0) is 15.9. The van der Waals surface area contributed by atoms with Crippen LogP contribution in [0.1, 0.15) is 79.6 Å². The Morgan fingerprint density at radius 1 is 1.00 bits per heavy atom. The van der Waals surface area contributed by atoms with Crippen molar-refractivity contribution in [1.82, 2.24) is 0 Å². The molecule has 1 unspecified atom stereocenters. The van der Waals surface area contributed by atoms with E-state index < -0.39 is 0 Å². The molecule has 0 aromatic rings. The molecule has 1 spiro atoms. The standard InChI is InChI=1S/C20H40N/c1-8-18(2,3)16-19(4,5)17-9-10-20(15-17)11-13-21(6,7)14-12-20/h17H,8-16H2,1-7H3/q+1. The Hall–Kier alpha value is -0.0400. The Morgan fingerprint density at radius 2 is 1.57 bits per heavy atom. The van der Waals surface area contributed by atoms with Crippen LogP contribution in [0.4, 0.5) is 0 Å². The van der Waals surface area contributed by atoms with Crippen LogP contribution in [0.25, 0.3) is 0 Å². The topological polar surface area (TPSA) is 0 Å². The van der Waals surface area contributed by atoms with Gasteiger partial charge in [0.25, 0.3) is 0 Å². The van der Waals surface area contributed by atoms with E-state index in [0.29, 0.717) is 16.2 Å². The SMILES string of the molecule is CCC(C)(C)CC(C)(C)C1CCC2(CC[N+](C)(C)CC2)C1. The average molecular weight is 295 g/mol. The van der Waals surface area contributed by atoms with E-state index in [2.05, 4.69) is 48.7 Å². The van der Waals surface area contributed by atoms with Gasteiger partial charge in [0.05, 0.1) is 27.2 Å². The first-order chi connectivity index (χ1) is 9.49. The van der Waals surface area contributed by atoms with Crippen molar-refractivity contribution in [3.8, 4) is 0 Å². The predicted octanol–water partition coefficient (Wildman–Crippen LogP) is 5.50. The second-order valence-corrected chi connectivity index (χ2v) is 10.5. The van der Waals surface area contributed by atoms with Crippen LogP contribution < -0.4 is 0 Å². The average Bonchev–Trinajstić information content (AvgIpc) is 2.78. The summed E-state index contributed by atoms with van der Waals surface area (Å²) in [6.45, 7) is 15.2. The van der Waals surface area contributed by atoms with E-state index in [-0.39, 0.29) is 0 Å². The second-order valence-electron chi connectivity index (χ2n) is 10.5. The van der Waals surface area contributed by atoms with E-state index in [1.54, 1.807) is 0 Å². The van der Waals surface area contributed by atoms with E-state index in [1.807, 2.05) is 0 Å². The molecule has 2 rings (SSSR count). The molecule has 1 heteroatoms. The fourth-order valence-corrected chi connectivity index (χ4v) is 5.15. The molecule has 1 nitrogen and oxygen atoms in total. The van der Waals surface area contributed by atoms with E-state index >= 15 is 0 Å². The molecular weight excluding hydrogens is 254 g/mol. The Labute approximate surface area is 134 Å². The van der Waals surface area contributed by atoms with Crippen LogP contribution in [0, 0.1) is 22.2 Å². The van der Waals surface area contributed by atoms with Gasteiger partial charge in [-0.25, -0.2) is 0 Å². The third-order valence-corrected chi connectivity index (χ3v) is 7.19. The Morgan fingerprint density at radius 3 is 2.10 bits per heavy atom. The summed E-state index contributed by atoms with van der Waals surface area (Å²) < 4.78 is 1.25. The molecule has 0 aromatic carbocycles. The molecular formula is C20H40N+. The summed E-state index contributed by atoms with van der Waals surface area (Å²) in [5.41, 5.74) is 1.74. The van der Waals surface area contributed by atoms with Crippen molar-refractivity contribution in [3.63, 3.8) is 0 Å². The molecule has 1 atom stereocenters. The summed E-state index contributed by atoms with van der Waals surface area (Å²) in [6.07, 6.45) is 10.2. The first kappa shape index (κ1) is 17.3. The highest BCUT2D eigenvalue weighted by atomic mass is 15.3. The number of hydrogen-bond donors (Lipinski definition) is 0. The first-order valence-corrected chi connectivity index (χ1v) is 9.31. The summed E-state index contributed by atoms with van der Waals surface area (Å²) in [4.78, 5) is 0. The van der Waals surface area contributed by atoms with Crippen molar-refractivity contribution in [2.75, 3.05) is 27.2 Å². The van der Waals surface area contributed by atoms with Crippen molar-refractivity contribution in [1.29, 1.82) is 0 Å². The highest BCUT2D eigenvalue weighted by Gasteiger charge is 2.48. The van der Waals surface area contributed by atoms with Crippen LogP contribution in [0.15, 0.2) is 0 Å². The van der Waals surface area contributed by atoms with Crippen LogP contribution in [0.5, 0.6) is 0 Å². The summed E-state index contributed by atoms with van der Waals surface area (Å²) in [7, 11) is 4.82. The number of likely N-dealkylation sites (tertiary alicyclic amines) is 1. The Kier molecular flexibility index (Phi) is 4.58. The van der Waals surface area contributed by atoms with Crippen molar-refractivity contribution < 1.29 is 4.48 Å². The molecule has 0 aromatic heterocycles. The molecule has 1 aliphatic heterocycles. The lowest BCUT2D eigenvalue weighted by molar-refractivity contribution is -0.897. The van der Waals surface area contributed by atoms with Crippen molar-refractivity contribution in [3.05, 3.63) is 0 Å². The minimum absolute atomic E-state index is 0.505. The molecule has 1 saturated carbocycles. The molecule has 2 aliphatic rings. The quantitative estimate of drug-likeness (QED) is 0.601. The number of rotatable bonds is 4. The molecule has 21 heavy (non-hydrogen) atoms. The fraction of sp³-hybridized carbons (Fsp3) is 1.00. The lowest BCUT2D eigenvalue weighted by Crippen LogP contribution is -2.49. The van der Waals surface area contributed by atoms with Gasteiger partial charge in [-0.3, -0.25) is 0 Å². The van der Waals surface area contributed by atoms with E-state index in [1.165, 1.54) is 62.5 Å². The third-order valence-electron chi connectivity index (χ3n) is 7.19. The van der Waals surface area contributed by atoms with Gasteiger partial charge in [-0.1, -0.05) is 41.0 Å². The van der Waals surface area contributed by atoms with Gasteiger partial charge in [0.2, 0.25) is 0 Å². The largest absolute Gasteiger partial charge is 0.328 e. The molecule has 0 bridgehead atoms. The molecule has 124 valence electrons. The number of quaternary nitrogens is 1. The zero-order valence-electron chi connectivity index (χ0n) is 15.9. The molecule has 1 saturated heterocycles. The maximum Gasteiger partial charge on any atom is 0.0787 e. The number of nitrogens with zero attached hydrogens (tertiary/aromatic N) is 1. The maximum atomic E-state index is 2.55. The van der Waals surface area contributed by atoms with Gasteiger partial charge < -0.3 is 4.48 Å². The van der Waals surface area contributed by atoms with Gasteiger partial charge in [-0.05, 0) is 47.8 Å². The van der Waals surface area contributed by atoms with E-state index in [0.717, 1.165) is 5.92 Å². The van der Waals surface area contributed by atoms with Crippen LogP contribution in [-0.4, -0.2) is 31.7 Å². The maximum absolute atomic E-state index is 2.55. The second kappa shape index (κ2) is 5.55. The summed E-state index contributed by atoms with van der Waals surface area (Å²) in [6, 6.07) is 0. The monoisotopic (exact) mass is 294 g/mol. The van der Waals surface area contributed by atoms with Crippen LogP contribution >= 0.6 is 0 Å². The highest BCUT2D eigenvalue weighted by Crippen LogP contribution is 2.56. The van der Waals surface area contributed by atoms with E-state index in [4.69, 9.17) is 0 Å². The number of hydrogen-bond acceptors (Lipinski definition) is 0. The van der Waals surface area contributed by atoms with Crippen LogP contribution in [0.2, 0.25) is 0 Å². The van der Waals surface area contributed by atoms with Gasteiger partial charge in [0, 0.05) is 12.8 Å². The Bertz CT molecular complexity index is 354. The van der Waals surface area contributed by atoms with Crippen LogP contribution in [0.3, 0.4) is 0 Å². The molecule has 1 heterocycles. The van der Waals surface area contributed by atoms with Crippen molar-refractivity contribution >= 4 is 0 Å². The fourth-order valence-electron chi connectivity index (χ4n) is 5.15. The van der Waals surface area contributed by atoms with Crippen LogP contribution in [-0.2, 0) is 0 Å². The summed E-state index contributed by atoms with van der Waals surface area (Å²) >= 11 is 0. The minimum Gasteiger partial charge on any atom is -0.328 e. The number of piperidine rings is 1. The molecule has 0 radical (unpaired) electrons. The minimum atomic E-state index is 0.505. The normalized spacial score (nSPS) is 29.0. The van der Waals surface area contributed by atoms with Crippen molar-refractivity contribution in [2.24, 2.45) is 22.2 Å². The smallest absolute Gasteiger partial charge is 0.0787 e. The zero-order valence-corrected chi connectivity index (χ0v) is 15.9. The van der Waals surface area contributed by atoms with Gasteiger partial charge in [0.1, 0.15) is 0 Å². The Balaban J connectivity index is 1.99. The first-order valence-electron chi connectivity index (χ1n) is 9.31. The lowest BCUT2D eigenvalue weighted by atomic mass is 9.65. The lowest BCUT2D eigenvalue weighted by Gasteiger charge is -2.44. The van der Waals surface area contributed by atoms with E-state index in [9.17, 15) is 0 Å². The van der Waals surface area contributed by atoms with Gasteiger partial charge in [0.15, 0.2) is 0 Å². The van der Waals surface area contributed by atoms with Gasteiger partial charge >= 0.3 is 0 Å².